The Morgan fingerprint density at radius 3 is 2.50 bits per heavy atom. The maximum Gasteiger partial charge on any atom is 0.318 e. The molecular weight excluding hydrogens is 583 g/mol. The van der Waals surface area contributed by atoms with Gasteiger partial charge in [-0.3, -0.25) is 4.79 Å². The number of amides is 3. The summed E-state index contributed by atoms with van der Waals surface area (Å²) >= 11 is 0. The van der Waals surface area contributed by atoms with Crippen molar-refractivity contribution < 1.29 is 18.7 Å². The van der Waals surface area contributed by atoms with E-state index in [-0.39, 0.29) is 23.7 Å². The van der Waals surface area contributed by atoms with Gasteiger partial charge in [0.25, 0.3) is 0 Å². The fourth-order valence-electron chi connectivity index (χ4n) is 6.12. The van der Waals surface area contributed by atoms with Crippen LogP contribution in [0.2, 0.25) is 0 Å². The number of rotatable bonds is 11. The molecule has 1 aliphatic heterocycles. The lowest BCUT2D eigenvalue weighted by atomic mass is 9.92. The number of piperazine rings is 1. The largest absolute Gasteiger partial charge is 0.491 e. The summed E-state index contributed by atoms with van der Waals surface area (Å²) in [6, 6.07) is 19.3. The van der Waals surface area contributed by atoms with Gasteiger partial charge in [0.2, 0.25) is 5.91 Å². The molecule has 3 amide bonds. The highest BCUT2D eigenvalue weighted by atomic mass is 19.1. The van der Waals surface area contributed by atoms with Gasteiger partial charge in [-0.15, -0.1) is 0 Å². The Balaban J connectivity index is 1.23. The summed E-state index contributed by atoms with van der Waals surface area (Å²) in [6.45, 7) is 5.07. The first-order chi connectivity index (χ1) is 22.3. The van der Waals surface area contributed by atoms with E-state index < -0.39 is 6.04 Å². The van der Waals surface area contributed by atoms with E-state index >= 15 is 0 Å². The Morgan fingerprint density at radius 2 is 1.76 bits per heavy atom. The van der Waals surface area contributed by atoms with Gasteiger partial charge >= 0.3 is 6.03 Å². The van der Waals surface area contributed by atoms with Gasteiger partial charge in [-0.2, -0.15) is 0 Å². The Bertz CT molecular complexity index is 1680. The highest BCUT2D eigenvalue weighted by molar-refractivity contribution is 5.99. The van der Waals surface area contributed by atoms with Crippen molar-refractivity contribution in [1.82, 2.24) is 20.1 Å². The monoisotopic (exact) mass is 626 g/mol. The number of carbonyl (C=O) groups is 2. The van der Waals surface area contributed by atoms with Crippen molar-refractivity contribution in [2.75, 3.05) is 57.1 Å². The van der Waals surface area contributed by atoms with Crippen molar-refractivity contribution in [1.29, 1.82) is 0 Å². The Hall–Kier alpha value is -4.57. The molecule has 3 aromatic carbocycles. The molecule has 9 nitrogen and oxygen atoms in total. The van der Waals surface area contributed by atoms with Gasteiger partial charge in [0, 0.05) is 55.7 Å². The van der Waals surface area contributed by atoms with Crippen molar-refractivity contribution in [3.05, 3.63) is 89.9 Å². The zero-order chi connectivity index (χ0) is 32.2. The molecule has 2 atom stereocenters. The van der Waals surface area contributed by atoms with Crippen LogP contribution in [-0.2, 0) is 11.3 Å². The van der Waals surface area contributed by atoms with Crippen LogP contribution >= 0.6 is 0 Å². The second-order valence-electron chi connectivity index (χ2n) is 12.7. The predicted octanol–water partition coefficient (Wildman–Crippen LogP) is 5.80. The van der Waals surface area contributed by atoms with Gasteiger partial charge in [-0.25, -0.2) is 9.18 Å². The maximum atomic E-state index is 14.4. The number of para-hydroxylation sites is 2. The number of aromatic nitrogens is 1. The van der Waals surface area contributed by atoms with Crippen molar-refractivity contribution in [3.63, 3.8) is 0 Å². The molecule has 0 radical (unpaired) electrons. The van der Waals surface area contributed by atoms with E-state index in [0.717, 1.165) is 34.9 Å². The molecule has 242 valence electrons. The first kappa shape index (κ1) is 31.4. The molecule has 3 N–H and O–H groups in total. The highest BCUT2D eigenvalue weighted by Crippen LogP contribution is 2.34. The summed E-state index contributed by atoms with van der Waals surface area (Å²) in [5, 5.41) is 7.20. The number of hydrogen-bond donors (Lipinski definition) is 3. The molecule has 2 fully saturated rings. The lowest BCUT2D eigenvalue weighted by molar-refractivity contribution is -0.118. The summed E-state index contributed by atoms with van der Waals surface area (Å²) in [4.78, 5) is 37.0. The number of carbonyl (C=O) groups excluding carboxylic acids is 2. The summed E-state index contributed by atoms with van der Waals surface area (Å²) in [5.74, 6) is 0.212. The molecule has 1 aliphatic carbocycles. The summed E-state index contributed by atoms with van der Waals surface area (Å²) in [6.07, 6.45) is 4.23. The molecule has 46 heavy (non-hydrogen) atoms. The number of anilines is 2. The number of benzene rings is 3. The molecule has 1 saturated carbocycles. The average molecular weight is 627 g/mol. The normalized spacial score (nSPS) is 16.4. The minimum atomic E-state index is -0.884. The van der Waals surface area contributed by atoms with Crippen LogP contribution in [0.1, 0.15) is 36.8 Å². The van der Waals surface area contributed by atoms with Gasteiger partial charge in [0.1, 0.15) is 17.6 Å². The molecule has 0 bridgehead atoms. The first-order valence-electron chi connectivity index (χ1n) is 16.1. The van der Waals surface area contributed by atoms with Gasteiger partial charge in [-0.1, -0.05) is 43.3 Å². The predicted molar refractivity (Wildman–Crippen MR) is 180 cm³/mol. The first-order valence-corrected chi connectivity index (χ1v) is 16.1. The fraction of sp³-hybridized carbons (Fsp3) is 0.389. The smallest absolute Gasteiger partial charge is 0.318 e. The summed E-state index contributed by atoms with van der Waals surface area (Å²) in [7, 11) is 4.00. The quantitative estimate of drug-likeness (QED) is 0.196. The van der Waals surface area contributed by atoms with Crippen LogP contribution in [0.3, 0.4) is 0 Å². The molecule has 2 heterocycles. The molecule has 10 heteroatoms. The van der Waals surface area contributed by atoms with E-state index in [2.05, 4.69) is 20.5 Å². The van der Waals surface area contributed by atoms with Crippen LogP contribution in [-0.4, -0.2) is 79.6 Å². The highest BCUT2D eigenvalue weighted by Gasteiger charge is 2.33. The van der Waals surface area contributed by atoms with E-state index in [1.165, 1.54) is 6.07 Å². The molecule has 4 aromatic rings. The molecule has 1 saturated heterocycles. The minimum absolute atomic E-state index is 0.278. The number of hydrogen-bond acceptors (Lipinski definition) is 5. The second-order valence-corrected chi connectivity index (χ2v) is 12.7. The van der Waals surface area contributed by atoms with Gasteiger partial charge in [0.05, 0.1) is 18.0 Å². The van der Waals surface area contributed by atoms with E-state index in [1.807, 2.05) is 80.6 Å². The number of ether oxygens (including phenoxy) is 1. The van der Waals surface area contributed by atoms with Crippen molar-refractivity contribution in [3.8, 4) is 5.75 Å². The number of nitrogens with one attached hydrogen (secondary N) is 3. The fourth-order valence-corrected chi connectivity index (χ4v) is 6.12. The summed E-state index contributed by atoms with van der Waals surface area (Å²) in [5.41, 5.74) is 4.06. The number of halogens is 1. The molecule has 2 aliphatic rings. The lowest BCUT2D eigenvalue weighted by Crippen LogP contribution is -2.56. The third-order valence-electron chi connectivity index (χ3n) is 8.91. The SMILES string of the molecule is C[C@@H](c1c[nH]c2ccccc12)[C@@H](NC(=O)N1CCN(c2ccccc2F)CC1)C(=O)Nc1cc(CN(C)C)ccc1OCC1CC1. The topological polar surface area (TPSA) is 92.9 Å². The minimum Gasteiger partial charge on any atom is -0.491 e. The van der Waals surface area contributed by atoms with Crippen LogP contribution in [0, 0.1) is 11.7 Å². The molecule has 0 spiro atoms. The Labute approximate surface area is 269 Å². The van der Waals surface area contributed by atoms with Crippen molar-refractivity contribution >= 4 is 34.2 Å². The molecular formula is C36H43FN6O3. The summed E-state index contributed by atoms with van der Waals surface area (Å²) < 4.78 is 20.6. The standard InChI is InChI=1S/C36H43FN6O3/c1-24(28-21-38-30-10-6-4-8-27(28)30)34(40-36(45)43-18-16-42(17-19-43)32-11-7-5-9-29(32)37)35(44)39-31-20-26(22-41(2)3)14-15-33(31)46-23-25-12-13-25/h4-11,14-15,20-21,24-25,34,38H,12-13,16-19,22-23H2,1-3H3,(H,39,44)(H,40,45)/t24-,34+/m0/s1. The van der Waals surface area contributed by atoms with Gasteiger partial charge < -0.3 is 35.1 Å². The Kier molecular flexibility index (Phi) is 9.44. The number of nitrogens with zero attached hydrogens (tertiary/aromatic N) is 3. The van der Waals surface area contributed by atoms with Crippen LogP contribution < -0.4 is 20.3 Å². The molecule has 6 rings (SSSR count). The molecule has 1 aromatic heterocycles. The number of urea groups is 1. The van der Waals surface area contributed by atoms with E-state index in [0.29, 0.717) is 62.4 Å². The molecule has 0 unspecified atom stereocenters. The van der Waals surface area contributed by atoms with Crippen LogP contribution in [0.4, 0.5) is 20.6 Å². The van der Waals surface area contributed by atoms with E-state index in [4.69, 9.17) is 4.74 Å². The van der Waals surface area contributed by atoms with E-state index in [1.54, 1.807) is 17.0 Å². The number of H-pyrrole nitrogens is 1. The van der Waals surface area contributed by atoms with Crippen molar-refractivity contribution in [2.24, 2.45) is 5.92 Å². The Morgan fingerprint density at radius 1 is 1.02 bits per heavy atom. The van der Waals surface area contributed by atoms with Crippen LogP contribution in [0.25, 0.3) is 10.9 Å². The zero-order valence-corrected chi connectivity index (χ0v) is 26.8. The number of aromatic amines is 1. The van der Waals surface area contributed by atoms with Gasteiger partial charge in [0.15, 0.2) is 0 Å². The average Bonchev–Trinajstić information content (AvgIpc) is 3.79. The number of fused-ring (bicyclic) bond motifs is 1. The maximum absolute atomic E-state index is 14.4. The zero-order valence-electron chi connectivity index (χ0n) is 26.8. The van der Waals surface area contributed by atoms with E-state index in [9.17, 15) is 14.0 Å². The third-order valence-corrected chi connectivity index (χ3v) is 8.91. The van der Waals surface area contributed by atoms with Crippen LogP contribution in [0.5, 0.6) is 5.75 Å². The van der Waals surface area contributed by atoms with Crippen molar-refractivity contribution in [2.45, 2.75) is 38.3 Å². The van der Waals surface area contributed by atoms with Crippen LogP contribution in [0.15, 0.2) is 72.9 Å². The second kappa shape index (κ2) is 13.8. The third kappa shape index (κ3) is 7.28. The van der Waals surface area contributed by atoms with Gasteiger partial charge in [-0.05, 0) is 74.3 Å². The lowest BCUT2D eigenvalue weighted by Gasteiger charge is -2.37.